The van der Waals surface area contributed by atoms with E-state index in [4.69, 9.17) is 11.6 Å². The second-order valence-electron chi connectivity index (χ2n) is 4.28. The van der Waals surface area contributed by atoms with Crippen LogP contribution in [0.3, 0.4) is 0 Å². The van der Waals surface area contributed by atoms with Crippen LogP contribution in [0.15, 0.2) is 42.6 Å². The predicted molar refractivity (Wildman–Crippen MR) is 80.2 cm³/mol. The summed E-state index contributed by atoms with van der Waals surface area (Å²) in [5.74, 6) is -1.48. The molecule has 114 valence electrons. The first-order valence-corrected chi connectivity index (χ1v) is 6.70. The molecule has 2 aromatic rings. The number of carbonyl (C=O) groups excluding carboxylic acids is 3. The second kappa shape index (κ2) is 7.28. The van der Waals surface area contributed by atoms with Crippen molar-refractivity contribution in [2.45, 2.75) is 0 Å². The van der Waals surface area contributed by atoms with Crippen LogP contribution in [-0.4, -0.2) is 29.3 Å². The van der Waals surface area contributed by atoms with Crippen molar-refractivity contribution in [3.63, 3.8) is 0 Å². The molecule has 1 aromatic heterocycles. The van der Waals surface area contributed by atoms with Crippen LogP contribution >= 0.6 is 11.6 Å². The highest BCUT2D eigenvalue weighted by Crippen LogP contribution is 2.10. The van der Waals surface area contributed by atoms with Crippen molar-refractivity contribution in [3.05, 3.63) is 58.9 Å². The lowest BCUT2D eigenvalue weighted by Crippen LogP contribution is -2.46. The Kier molecular flexibility index (Phi) is 5.16. The van der Waals surface area contributed by atoms with Gasteiger partial charge in [0.15, 0.2) is 0 Å². The number of hydrazine groups is 1. The summed E-state index contributed by atoms with van der Waals surface area (Å²) in [5, 5.41) is 2.84. The highest BCUT2D eigenvalue weighted by molar-refractivity contribution is 6.30. The van der Waals surface area contributed by atoms with E-state index in [1.807, 2.05) is 0 Å². The van der Waals surface area contributed by atoms with E-state index in [9.17, 15) is 14.4 Å². The molecule has 8 heteroatoms. The van der Waals surface area contributed by atoms with Crippen LogP contribution in [0.1, 0.15) is 20.8 Å². The molecule has 2 rings (SSSR count). The van der Waals surface area contributed by atoms with Crippen LogP contribution in [0.2, 0.25) is 5.02 Å². The monoisotopic (exact) mass is 320 g/mol. The number of carbonyl (C=O) groups is 3. The van der Waals surface area contributed by atoms with Crippen molar-refractivity contribution < 1.29 is 14.4 Å². The van der Waals surface area contributed by atoms with E-state index in [1.165, 1.54) is 6.07 Å². The van der Waals surface area contributed by atoms with Crippen LogP contribution < -0.4 is 16.2 Å². The van der Waals surface area contributed by atoms with E-state index in [0.717, 1.165) is 0 Å². The fourth-order valence-electron chi connectivity index (χ4n) is 1.60. The normalized spacial score (nSPS) is 9.86. The molecular formula is C14H13ClN4O3. The number of amides is 3. The van der Waals surface area contributed by atoms with Gasteiger partial charge in [-0.15, -0.1) is 0 Å². The third-order valence-corrected chi connectivity index (χ3v) is 2.89. The molecule has 0 saturated carbocycles. The molecule has 4 N–H and O–H groups in total. The van der Waals surface area contributed by atoms with Crippen LogP contribution in [0.5, 0.6) is 0 Å². The van der Waals surface area contributed by atoms with E-state index in [2.05, 4.69) is 21.2 Å². The van der Waals surface area contributed by atoms with Gasteiger partial charge in [0.1, 0.15) is 5.69 Å². The average Bonchev–Trinajstić information content (AvgIpc) is 3.04. The Bertz CT molecular complexity index is 685. The largest absolute Gasteiger partial charge is 0.357 e. The van der Waals surface area contributed by atoms with Crippen molar-refractivity contribution in [2.24, 2.45) is 0 Å². The molecular weight excluding hydrogens is 308 g/mol. The number of benzene rings is 1. The maximum atomic E-state index is 11.8. The maximum absolute atomic E-state index is 11.8. The summed E-state index contributed by atoms with van der Waals surface area (Å²) in [4.78, 5) is 37.6. The van der Waals surface area contributed by atoms with Gasteiger partial charge < -0.3 is 10.3 Å². The molecule has 0 aliphatic carbocycles. The Morgan fingerprint density at radius 3 is 2.55 bits per heavy atom. The van der Waals surface area contributed by atoms with Crippen LogP contribution in [0.25, 0.3) is 0 Å². The number of aromatic amines is 1. The van der Waals surface area contributed by atoms with Crippen molar-refractivity contribution in [1.29, 1.82) is 0 Å². The third kappa shape index (κ3) is 4.35. The molecule has 22 heavy (non-hydrogen) atoms. The summed E-state index contributed by atoms with van der Waals surface area (Å²) in [7, 11) is 0. The molecule has 0 atom stereocenters. The number of aromatic nitrogens is 1. The summed E-state index contributed by atoms with van der Waals surface area (Å²) >= 11 is 5.78. The summed E-state index contributed by atoms with van der Waals surface area (Å²) in [5.41, 5.74) is 5.06. The van der Waals surface area contributed by atoms with Crippen LogP contribution in [-0.2, 0) is 4.79 Å². The second-order valence-corrected chi connectivity index (χ2v) is 4.72. The Balaban J connectivity index is 1.76. The average molecular weight is 321 g/mol. The third-order valence-electron chi connectivity index (χ3n) is 2.65. The SMILES string of the molecule is O=C(CNC(=O)c1cccc(Cl)c1)NNC(=O)c1ccc[nH]1. The Morgan fingerprint density at radius 2 is 1.86 bits per heavy atom. The fraction of sp³-hybridized carbons (Fsp3) is 0.0714. The number of nitrogens with one attached hydrogen (secondary N) is 4. The minimum Gasteiger partial charge on any atom is -0.357 e. The van der Waals surface area contributed by atoms with Gasteiger partial charge in [0.25, 0.3) is 17.7 Å². The van der Waals surface area contributed by atoms with Crippen molar-refractivity contribution >= 4 is 29.3 Å². The zero-order valence-electron chi connectivity index (χ0n) is 11.4. The number of H-pyrrole nitrogens is 1. The van der Waals surface area contributed by atoms with E-state index in [1.54, 1.807) is 36.5 Å². The van der Waals surface area contributed by atoms with Crippen LogP contribution in [0, 0.1) is 0 Å². The first-order chi connectivity index (χ1) is 10.6. The summed E-state index contributed by atoms with van der Waals surface area (Å²) < 4.78 is 0. The summed E-state index contributed by atoms with van der Waals surface area (Å²) in [6.45, 7) is -0.281. The number of halogens is 1. The quantitative estimate of drug-likeness (QED) is 0.628. The zero-order valence-corrected chi connectivity index (χ0v) is 12.1. The molecule has 0 spiro atoms. The summed E-state index contributed by atoms with van der Waals surface area (Å²) in [6.07, 6.45) is 1.59. The van der Waals surface area contributed by atoms with Gasteiger partial charge in [-0.05, 0) is 30.3 Å². The number of hydrogen-bond acceptors (Lipinski definition) is 3. The standard InChI is InChI=1S/C14H13ClN4O3/c15-10-4-1-3-9(7-10)13(21)17-8-12(20)18-19-14(22)11-5-2-6-16-11/h1-7,16H,8H2,(H,17,21)(H,18,20)(H,19,22). The van der Waals surface area contributed by atoms with Gasteiger partial charge in [-0.2, -0.15) is 0 Å². The highest BCUT2D eigenvalue weighted by Gasteiger charge is 2.10. The molecule has 1 aromatic carbocycles. The van der Waals surface area contributed by atoms with E-state index in [0.29, 0.717) is 16.3 Å². The number of rotatable bonds is 4. The minimum atomic E-state index is -0.560. The molecule has 0 unspecified atom stereocenters. The zero-order chi connectivity index (χ0) is 15.9. The number of hydrogen-bond donors (Lipinski definition) is 4. The van der Waals surface area contributed by atoms with Gasteiger partial charge in [-0.3, -0.25) is 25.2 Å². The summed E-state index contributed by atoms with van der Waals surface area (Å²) in [6, 6.07) is 9.55. The molecule has 1 heterocycles. The lowest BCUT2D eigenvalue weighted by molar-refractivity contribution is -0.120. The first kappa shape index (κ1) is 15.6. The predicted octanol–water partition coefficient (Wildman–Crippen LogP) is 0.859. The van der Waals surface area contributed by atoms with Gasteiger partial charge in [0.05, 0.1) is 6.54 Å². The molecule has 0 radical (unpaired) electrons. The first-order valence-electron chi connectivity index (χ1n) is 6.32. The lowest BCUT2D eigenvalue weighted by atomic mass is 10.2. The molecule has 0 aliphatic heterocycles. The highest BCUT2D eigenvalue weighted by atomic mass is 35.5. The van der Waals surface area contributed by atoms with E-state index >= 15 is 0 Å². The van der Waals surface area contributed by atoms with Gasteiger partial charge in [0.2, 0.25) is 0 Å². The van der Waals surface area contributed by atoms with Crippen molar-refractivity contribution in [1.82, 2.24) is 21.2 Å². The van der Waals surface area contributed by atoms with Crippen LogP contribution in [0.4, 0.5) is 0 Å². The van der Waals surface area contributed by atoms with Gasteiger partial charge >= 0.3 is 0 Å². The van der Waals surface area contributed by atoms with Gasteiger partial charge in [-0.25, -0.2) is 0 Å². The van der Waals surface area contributed by atoms with Gasteiger partial charge in [0, 0.05) is 16.8 Å². The van der Waals surface area contributed by atoms with Crippen molar-refractivity contribution in [3.8, 4) is 0 Å². The maximum Gasteiger partial charge on any atom is 0.286 e. The Labute approximate surface area is 131 Å². The fourth-order valence-corrected chi connectivity index (χ4v) is 1.79. The van der Waals surface area contributed by atoms with E-state index in [-0.39, 0.29) is 6.54 Å². The molecule has 7 nitrogen and oxygen atoms in total. The smallest absolute Gasteiger partial charge is 0.286 e. The van der Waals surface area contributed by atoms with Gasteiger partial charge in [-0.1, -0.05) is 17.7 Å². The molecule has 3 amide bonds. The molecule has 0 aliphatic rings. The Hall–Kier alpha value is -2.80. The topological polar surface area (TPSA) is 103 Å². The van der Waals surface area contributed by atoms with Crippen molar-refractivity contribution in [2.75, 3.05) is 6.54 Å². The molecule has 0 fully saturated rings. The minimum absolute atomic E-state index is 0.281. The lowest BCUT2D eigenvalue weighted by Gasteiger charge is -2.08. The van der Waals surface area contributed by atoms with E-state index < -0.39 is 17.7 Å². The Morgan fingerprint density at radius 1 is 1.05 bits per heavy atom. The molecule has 0 bridgehead atoms. The molecule has 0 saturated heterocycles.